The molecule has 0 spiro atoms. The molecule has 10 heteroatoms. The van der Waals surface area contributed by atoms with Crippen LogP contribution in [0.3, 0.4) is 0 Å². The van der Waals surface area contributed by atoms with Crippen LogP contribution in [0.15, 0.2) is 60.4 Å². The number of Topliss-reactive ketones (excluding diaryl/α,β-unsaturated/α-hetero) is 1. The predicted octanol–water partition coefficient (Wildman–Crippen LogP) is 6.45. The van der Waals surface area contributed by atoms with Crippen LogP contribution in [0.25, 0.3) is 16.0 Å². The molecule has 0 radical (unpaired) electrons. The Kier molecular flexibility index (Phi) is 6.90. The Balaban J connectivity index is 1.64. The van der Waals surface area contributed by atoms with Gasteiger partial charge in [-0.2, -0.15) is 0 Å². The summed E-state index contributed by atoms with van der Waals surface area (Å²) in [5.74, 6) is -1.66. The zero-order valence-corrected chi connectivity index (χ0v) is 22.3. The first kappa shape index (κ1) is 25.8. The Bertz CT molecular complexity index is 1560. The zero-order valence-electron chi connectivity index (χ0n) is 20.7. The van der Waals surface area contributed by atoms with Crippen molar-refractivity contribution in [1.29, 1.82) is 0 Å². The van der Waals surface area contributed by atoms with Crippen molar-refractivity contribution in [2.45, 2.75) is 26.8 Å². The number of benzene rings is 2. The quantitative estimate of drug-likeness (QED) is 0.168. The second kappa shape index (κ2) is 10.2. The van der Waals surface area contributed by atoms with E-state index in [0.29, 0.717) is 39.6 Å². The number of hydrogen-bond acceptors (Lipinski definition) is 7. The molecule has 1 saturated heterocycles. The van der Waals surface area contributed by atoms with Gasteiger partial charge in [0.25, 0.3) is 5.78 Å². The van der Waals surface area contributed by atoms with E-state index >= 15 is 0 Å². The molecular weight excluding hydrogens is 529 g/mol. The number of ether oxygens (including phenoxy) is 1. The lowest BCUT2D eigenvalue weighted by Gasteiger charge is -2.22. The molecule has 2 aromatic heterocycles. The van der Waals surface area contributed by atoms with Crippen LogP contribution in [0, 0.1) is 18.7 Å². The minimum absolute atomic E-state index is 0.0956. The Hall–Kier alpha value is -3.82. The zero-order chi connectivity index (χ0) is 27.1. The van der Waals surface area contributed by atoms with Gasteiger partial charge in [0.15, 0.2) is 5.13 Å². The molecule has 1 unspecified atom stereocenters. The summed E-state index contributed by atoms with van der Waals surface area (Å²) < 4.78 is 20.4. The molecule has 3 heterocycles. The highest BCUT2D eigenvalue weighted by Gasteiger charge is 2.48. The lowest BCUT2D eigenvalue weighted by Crippen LogP contribution is -2.29. The van der Waals surface area contributed by atoms with E-state index in [1.165, 1.54) is 23.2 Å². The Labute approximate surface area is 227 Å². The van der Waals surface area contributed by atoms with Crippen LogP contribution in [-0.2, 0) is 9.59 Å². The number of carbonyl (C=O) groups excluding carboxylic acids is 2. The molecule has 1 aliphatic heterocycles. The Morgan fingerprint density at radius 2 is 2.03 bits per heavy atom. The fraction of sp³-hybridized carbons (Fsp3) is 0.214. The van der Waals surface area contributed by atoms with Crippen LogP contribution in [0.5, 0.6) is 5.75 Å². The van der Waals surface area contributed by atoms with Crippen molar-refractivity contribution in [2.75, 3.05) is 11.5 Å². The van der Waals surface area contributed by atoms with E-state index in [-0.39, 0.29) is 21.5 Å². The van der Waals surface area contributed by atoms with E-state index in [1.807, 2.05) is 20.8 Å². The smallest absolute Gasteiger partial charge is 0.301 e. The van der Waals surface area contributed by atoms with Gasteiger partial charge < -0.3 is 9.84 Å². The predicted molar refractivity (Wildman–Crippen MR) is 145 cm³/mol. The van der Waals surface area contributed by atoms with Gasteiger partial charge in [0, 0.05) is 18.0 Å². The molecule has 4 aromatic rings. The van der Waals surface area contributed by atoms with Gasteiger partial charge in [0.2, 0.25) is 0 Å². The molecular formula is C28H23ClFN3O4S. The first-order valence-corrected chi connectivity index (χ1v) is 13.1. The van der Waals surface area contributed by atoms with Gasteiger partial charge >= 0.3 is 5.91 Å². The van der Waals surface area contributed by atoms with Crippen molar-refractivity contribution in [3.05, 3.63) is 88.0 Å². The molecule has 38 heavy (non-hydrogen) atoms. The molecule has 0 bridgehead atoms. The molecule has 2 aromatic carbocycles. The summed E-state index contributed by atoms with van der Waals surface area (Å²) in [6.45, 7) is 6.47. The highest BCUT2D eigenvalue weighted by Crippen LogP contribution is 2.44. The monoisotopic (exact) mass is 551 g/mol. The number of anilines is 1. The highest BCUT2D eigenvalue weighted by atomic mass is 35.5. The van der Waals surface area contributed by atoms with Crippen LogP contribution in [-0.4, -0.2) is 33.4 Å². The minimum Gasteiger partial charge on any atom is -0.507 e. The number of ketones is 1. The van der Waals surface area contributed by atoms with E-state index in [1.54, 1.807) is 36.5 Å². The maximum absolute atomic E-state index is 14.1. The third kappa shape index (κ3) is 4.63. The lowest BCUT2D eigenvalue weighted by molar-refractivity contribution is -0.132. The fourth-order valence-electron chi connectivity index (χ4n) is 4.27. The summed E-state index contributed by atoms with van der Waals surface area (Å²) in [5.41, 5.74) is 1.93. The molecule has 194 valence electrons. The number of aryl methyl sites for hydroxylation is 1. The number of fused-ring (bicyclic) bond motifs is 1. The van der Waals surface area contributed by atoms with Crippen molar-refractivity contribution in [1.82, 2.24) is 9.97 Å². The number of hydrogen-bond donors (Lipinski definition) is 1. The number of carbonyl (C=O) groups is 2. The third-order valence-corrected chi connectivity index (χ3v) is 7.40. The van der Waals surface area contributed by atoms with Gasteiger partial charge in [-0.3, -0.25) is 19.5 Å². The van der Waals surface area contributed by atoms with Crippen LogP contribution < -0.4 is 9.64 Å². The molecule has 0 aliphatic carbocycles. The van der Waals surface area contributed by atoms with Gasteiger partial charge in [-0.05, 0) is 60.4 Å². The summed E-state index contributed by atoms with van der Waals surface area (Å²) in [7, 11) is 0. The van der Waals surface area contributed by atoms with Gasteiger partial charge in [-0.25, -0.2) is 9.37 Å². The summed E-state index contributed by atoms with van der Waals surface area (Å²) >= 11 is 6.97. The summed E-state index contributed by atoms with van der Waals surface area (Å²) in [5, 5.41) is 11.5. The summed E-state index contributed by atoms with van der Waals surface area (Å²) in [6, 6.07) is 10.1. The number of halogens is 2. The largest absolute Gasteiger partial charge is 0.507 e. The number of nitrogens with zero attached hydrogens (tertiary/aromatic N) is 3. The second-order valence-electron chi connectivity index (χ2n) is 9.37. The van der Waals surface area contributed by atoms with E-state index in [0.717, 1.165) is 16.9 Å². The number of amides is 1. The van der Waals surface area contributed by atoms with E-state index in [2.05, 4.69) is 9.97 Å². The number of aliphatic hydroxyl groups excluding tert-OH is 1. The molecule has 1 fully saturated rings. The van der Waals surface area contributed by atoms with Crippen LogP contribution in [0.1, 0.15) is 36.6 Å². The first-order chi connectivity index (χ1) is 18.2. The number of aromatic nitrogens is 2. The van der Waals surface area contributed by atoms with Gasteiger partial charge in [0.1, 0.15) is 17.3 Å². The number of thiazole rings is 1. The SMILES string of the molecule is Cc1cc(/C(O)=C2\C(=O)C(=O)N(c3nc4cc(Cl)c(F)cc4s3)C2c2cccnc2)ccc1OCC(C)C. The third-order valence-electron chi connectivity index (χ3n) is 6.09. The lowest BCUT2D eigenvalue weighted by atomic mass is 9.96. The Morgan fingerprint density at radius 3 is 2.71 bits per heavy atom. The maximum Gasteiger partial charge on any atom is 0.301 e. The summed E-state index contributed by atoms with van der Waals surface area (Å²) in [6.07, 6.45) is 3.09. The van der Waals surface area contributed by atoms with Gasteiger partial charge in [-0.1, -0.05) is 42.9 Å². The standard InChI is InChI=1S/C28H23ClFN3O4S/c1-14(2)13-37-21-7-6-16(9-15(21)3)25(34)23-24(17-5-4-8-31-12-17)33(27(36)26(23)35)28-32-20-10-18(29)19(30)11-22(20)38-28/h4-12,14,24,34H,13H2,1-3H3/b25-23+. The topological polar surface area (TPSA) is 92.6 Å². The maximum atomic E-state index is 14.1. The first-order valence-electron chi connectivity index (χ1n) is 11.9. The number of aliphatic hydroxyl groups is 1. The molecule has 5 rings (SSSR count). The molecule has 1 N–H and O–H groups in total. The molecule has 0 saturated carbocycles. The second-order valence-corrected chi connectivity index (χ2v) is 10.8. The summed E-state index contributed by atoms with van der Waals surface area (Å²) in [4.78, 5) is 36.6. The highest BCUT2D eigenvalue weighted by molar-refractivity contribution is 7.22. The van der Waals surface area contributed by atoms with Crippen molar-refractivity contribution in [2.24, 2.45) is 5.92 Å². The number of pyridine rings is 1. The normalized spacial score (nSPS) is 17.1. The Morgan fingerprint density at radius 1 is 1.24 bits per heavy atom. The van der Waals surface area contributed by atoms with Crippen molar-refractivity contribution >= 4 is 55.7 Å². The molecule has 1 amide bonds. The molecule has 1 atom stereocenters. The molecule has 1 aliphatic rings. The average molecular weight is 552 g/mol. The minimum atomic E-state index is -0.998. The van der Waals surface area contributed by atoms with E-state index in [4.69, 9.17) is 16.3 Å². The van der Waals surface area contributed by atoms with Gasteiger partial charge in [-0.15, -0.1) is 0 Å². The number of rotatable bonds is 6. The fourth-order valence-corrected chi connectivity index (χ4v) is 5.42. The van der Waals surface area contributed by atoms with Crippen LogP contribution >= 0.6 is 22.9 Å². The van der Waals surface area contributed by atoms with Gasteiger partial charge in [0.05, 0.1) is 33.5 Å². The van der Waals surface area contributed by atoms with Crippen molar-refractivity contribution in [3.63, 3.8) is 0 Å². The average Bonchev–Trinajstić information content (AvgIpc) is 3.40. The van der Waals surface area contributed by atoms with Crippen LogP contribution in [0.4, 0.5) is 9.52 Å². The van der Waals surface area contributed by atoms with E-state index < -0.39 is 23.5 Å². The van der Waals surface area contributed by atoms with Crippen LogP contribution in [0.2, 0.25) is 5.02 Å². The van der Waals surface area contributed by atoms with Crippen molar-refractivity contribution < 1.29 is 23.8 Å². The van der Waals surface area contributed by atoms with E-state index in [9.17, 15) is 19.1 Å². The molecule has 7 nitrogen and oxygen atoms in total. The van der Waals surface area contributed by atoms with Crippen molar-refractivity contribution in [3.8, 4) is 5.75 Å².